The van der Waals surface area contributed by atoms with E-state index < -0.39 is 17.6 Å². The molecule has 2 aromatic rings. The molecule has 0 amide bonds. The second-order valence-electron chi connectivity index (χ2n) is 4.73. The number of aromatic nitrogens is 1. The summed E-state index contributed by atoms with van der Waals surface area (Å²) in [6.07, 6.45) is 1.23. The topological polar surface area (TPSA) is 126 Å². The van der Waals surface area contributed by atoms with Gasteiger partial charge in [0.2, 0.25) is 0 Å². The SMILES string of the molecule is COC(=O)C(=O)c1c[nH]c2c(OCCOCCN=[N+]=[N-])ccc(F)c12. The number of ether oxygens (including phenoxy) is 3. The monoisotopic (exact) mass is 350 g/mol. The van der Waals surface area contributed by atoms with Crippen LogP contribution in [0, 0.1) is 5.82 Å². The van der Waals surface area contributed by atoms with Crippen molar-refractivity contribution in [3.63, 3.8) is 0 Å². The van der Waals surface area contributed by atoms with E-state index in [1.807, 2.05) is 0 Å². The summed E-state index contributed by atoms with van der Waals surface area (Å²) in [5.41, 5.74) is 8.24. The molecule has 1 aromatic carbocycles. The molecule has 1 N–H and O–H groups in total. The molecule has 0 unspecified atom stereocenters. The average Bonchev–Trinajstić information content (AvgIpc) is 3.07. The van der Waals surface area contributed by atoms with Crippen LogP contribution in [-0.4, -0.2) is 50.2 Å². The van der Waals surface area contributed by atoms with Gasteiger partial charge in [-0.05, 0) is 17.7 Å². The zero-order valence-corrected chi connectivity index (χ0v) is 13.3. The van der Waals surface area contributed by atoms with E-state index in [9.17, 15) is 14.0 Å². The minimum absolute atomic E-state index is 0.0443. The second kappa shape index (κ2) is 8.67. The number of methoxy groups -OCH3 is 1. The van der Waals surface area contributed by atoms with E-state index in [0.717, 1.165) is 13.2 Å². The van der Waals surface area contributed by atoms with Gasteiger partial charge in [-0.15, -0.1) is 0 Å². The number of nitrogens with one attached hydrogen (secondary N) is 1. The summed E-state index contributed by atoms with van der Waals surface area (Å²) in [6.45, 7) is 0.865. The van der Waals surface area contributed by atoms with Crippen LogP contribution in [0.1, 0.15) is 10.4 Å². The first kappa shape index (κ1) is 18.2. The predicted octanol–water partition coefficient (Wildman–Crippen LogP) is 2.37. The smallest absolute Gasteiger partial charge is 0.379 e. The Labute approximate surface area is 141 Å². The molecule has 1 heterocycles. The number of aromatic amines is 1. The number of ketones is 1. The number of carbonyl (C=O) groups is 2. The molecule has 0 saturated heterocycles. The van der Waals surface area contributed by atoms with Gasteiger partial charge in [0, 0.05) is 17.7 Å². The number of Topliss-reactive ketones (excluding diaryl/α,β-unsaturated/α-hetero) is 1. The maximum absolute atomic E-state index is 14.1. The number of H-pyrrole nitrogens is 1. The number of carbonyl (C=O) groups excluding carboxylic acids is 2. The third-order valence-corrected chi connectivity index (χ3v) is 3.25. The van der Waals surface area contributed by atoms with Crippen molar-refractivity contribution < 1.29 is 28.2 Å². The summed E-state index contributed by atoms with van der Waals surface area (Å²) in [6, 6.07) is 2.54. The molecular formula is C15H15FN4O5. The standard InChI is InChI=1S/C15H15FN4O5/c1-23-15(22)14(21)9-8-18-13-11(3-2-10(16)12(9)13)25-7-6-24-5-4-19-20-17/h2-3,8,18H,4-7H2,1H3. The van der Waals surface area contributed by atoms with E-state index in [1.54, 1.807) is 0 Å². The van der Waals surface area contributed by atoms with Crippen LogP contribution in [-0.2, 0) is 14.3 Å². The van der Waals surface area contributed by atoms with E-state index in [2.05, 4.69) is 19.7 Å². The van der Waals surface area contributed by atoms with E-state index in [0.29, 0.717) is 5.75 Å². The van der Waals surface area contributed by atoms with Crippen LogP contribution in [0.25, 0.3) is 21.3 Å². The molecule has 0 bridgehead atoms. The fourth-order valence-corrected chi connectivity index (χ4v) is 2.15. The lowest BCUT2D eigenvalue weighted by molar-refractivity contribution is -0.135. The first-order valence-corrected chi connectivity index (χ1v) is 7.23. The Bertz CT molecular complexity index is 829. The summed E-state index contributed by atoms with van der Waals surface area (Å²) in [5, 5.41) is 3.27. The lowest BCUT2D eigenvalue weighted by Gasteiger charge is -2.08. The molecule has 9 nitrogen and oxygen atoms in total. The Morgan fingerprint density at radius 2 is 2.12 bits per heavy atom. The molecule has 0 aliphatic rings. The van der Waals surface area contributed by atoms with Gasteiger partial charge in [0.1, 0.15) is 18.2 Å². The normalized spacial score (nSPS) is 10.3. The molecule has 0 fully saturated rings. The lowest BCUT2D eigenvalue weighted by Crippen LogP contribution is -2.15. The quantitative estimate of drug-likeness (QED) is 0.141. The molecular weight excluding hydrogens is 335 g/mol. The molecule has 25 heavy (non-hydrogen) atoms. The van der Waals surface area contributed by atoms with Crippen molar-refractivity contribution in [1.29, 1.82) is 0 Å². The first-order valence-electron chi connectivity index (χ1n) is 7.23. The summed E-state index contributed by atoms with van der Waals surface area (Å²) < 4.78 is 29.2. The van der Waals surface area contributed by atoms with Crippen LogP contribution in [0.15, 0.2) is 23.4 Å². The lowest BCUT2D eigenvalue weighted by atomic mass is 10.1. The van der Waals surface area contributed by atoms with Gasteiger partial charge in [-0.1, -0.05) is 5.11 Å². The number of azide groups is 1. The maximum atomic E-state index is 14.1. The van der Waals surface area contributed by atoms with Crippen LogP contribution in [0.5, 0.6) is 5.75 Å². The van der Waals surface area contributed by atoms with Gasteiger partial charge in [0.25, 0.3) is 5.78 Å². The fraction of sp³-hybridized carbons (Fsp3) is 0.333. The number of nitrogens with zero attached hydrogens (tertiary/aromatic N) is 3. The Kier molecular flexibility index (Phi) is 6.33. The molecule has 1 aromatic heterocycles. The van der Waals surface area contributed by atoms with Crippen LogP contribution in [0.4, 0.5) is 4.39 Å². The highest BCUT2D eigenvalue weighted by molar-refractivity contribution is 6.43. The van der Waals surface area contributed by atoms with Crippen molar-refractivity contribution in [2.75, 3.05) is 33.5 Å². The molecule has 2 rings (SSSR count). The minimum atomic E-state index is -1.08. The number of hydrogen-bond donors (Lipinski definition) is 1. The third-order valence-electron chi connectivity index (χ3n) is 3.25. The number of halogens is 1. The highest BCUT2D eigenvalue weighted by Gasteiger charge is 2.24. The summed E-state index contributed by atoms with van der Waals surface area (Å²) in [4.78, 5) is 28.7. The van der Waals surface area contributed by atoms with Crippen LogP contribution in [0.2, 0.25) is 0 Å². The average molecular weight is 350 g/mol. The van der Waals surface area contributed by atoms with E-state index in [-0.39, 0.29) is 42.8 Å². The predicted molar refractivity (Wildman–Crippen MR) is 84.9 cm³/mol. The van der Waals surface area contributed by atoms with Gasteiger partial charge < -0.3 is 19.2 Å². The van der Waals surface area contributed by atoms with Crippen molar-refractivity contribution in [1.82, 2.24) is 4.98 Å². The first-order chi connectivity index (χ1) is 12.1. The Hall–Kier alpha value is -3.10. The van der Waals surface area contributed by atoms with Crippen molar-refractivity contribution in [3.8, 4) is 5.75 Å². The van der Waals surface area contributed by atoms with Crippen LogP contribution < -0.4 is 4.74 Å². The summed E-state index contributed by atoms with van der Waals surface area (Å²) >= 11 is 0. The van der Waals surface area contributed by atoms with Gasteiger partial charge in [-0.3, -0.25) is 4.79 Å². The fourth-order valence-electron chi connectivity index (χ4n) is 2.15. The molecule has 0 atom stereocenters. The largest absolute Gasteiger partial charge is 0.489 e. The second-order valence-corrected chi connectivity index (χ2v) is 4.73. The van der Waals surface area contributed by atoms with Crippen LogP contribution in [0.3, 0.4) is 0 Å². The van der Waals surface area contributed by atoms with E-state index >= 15 is 0 Å². The summed E-state index contributed by atoms with van der Waals surface area (Å²) in [5.74, 6) is -2.40. The van der Waals surface area contributed by atoms with Crippen LogP contribution >= 0.6 is 0 Å². The minimum Gasteiger partial charge on any atom is -0.489 e. The van der Waals surface area contributed by atoms with E-state index in [4.69, 9.17) is 15.0 Å². The number of hydrogen-bond acceptors (Lipinski definition) is 6. The van der Waals surface area contributed by atoms with Gasteiger partial charge in [0.15, 0.2) is 0 Å². The molecule has 0 aliphatic heterocycles. The number of benzene rings is 1. The third kappa shape index (κ3) is 4.25. The number of fused-ring (bicyclic) bond motifs is 1. The molecule has 10 heteroatoms. The molecule has 0 spiro atoms. The van der Waals surface area contributed by atoms with Gasteiger partial charge in [-0.2, -0.15) is 0 Å². The maximum Gasteiger partial charge on any atom is 0.379 e. The number of esters is 1. The molecule has 0 aliphatic carbocycles. The Balaban J connectivity index is 2.10. The van der Waals surface area contributed by atoms with Crippen molar-refractivity contribution in [3.05, 3.63) is 40.2 Å². The Morgan fingerprint density at radius 1 is 1.32 bits per heavy atom. The summed E-state index contributed by atoms with van der Waals surface area (Å²) in [7, 11) is 1.07. The highest BCUT2D eigenvalue weighted by Crippen LogP contribution is 2.30. The number of rotatable bonds is 9. The van der Waals surface area contributed by atoms with Gasteiger partial charge >= 0.3 is 5.97 Å². The van der Waals surface area contributed by atoms with E-state index in [1.165, 1.54) is 12.3 Å². The molecule has 0 radical (unpaired) electrons. The molecule has 132 valence electrons. The zero-order chi connectivity index (χ0) is 18.2. The highest BCUT2D eigenvalue weighted by atomic mass is 19.1. The van der Waals surface area contributed by atoms with Gasteiger partial charge in [0.05, 0.1) is 36.8 Å². The van der Waals surface area contributed by atoms with Crippen molar-refractivity contribution >= 4 is 22.7 Å². The van der Waals surface area contributed by atoms with Crippen molar-refractivity contribution in [2.24, 2.45) is 5.11 Å². The van der Waals surface area contributed by atoms with Crippen molar-refractivity contribution in [2.45, 2.75) is 0 Å². The Morgan fingerprint density at radius 3 is 2.84 bits per heavy atom. The molecule has 0 saturated carbocycles. The van der Waals surface area contributed by atoms with Gasteiger partial charge in [-0.25, -0.2) is 9.18 Å². The zero-order valence-electron chi connectivity index (χ0n) is 13.3.